The number of rotatable bonds is 2. The molecule has 0 saturated carbocycles. The number of aliphatic imine (C=N–C) groups is 1. The van der Waals surface area contributed by atoms with Crippen LogP contribution in [0.25, 0.3) is 5.76 Å². The number of hydrogen-bond donors (Lipinski definition) is 0. The third-order valence-electron chi connectivity index (χ3n) is 2.72. The summed E-state index contributed by atoms with van der Waals surface area (Å²) < 4.78 is 5.53. The Morgan fingerprint density at radius 2 is 1.47 bits per heavy atom. The van der Waals surface area contributed by atoms with Crippen LogP contribution in [0.1, 0.15) is 5.56 Å². The van der Waals surface area contributed by atoms with Crippen molar-refractivity contribution in [1.29, 1.82) is 0 Å². The Balaban J connectivity index is 1.87. The number of benzene rings is 2. The third kappa shape index (κ3) is 2.45. The minimum absolute atomic E-state index is 0.116. The first kappa shape index (κ1) is 11.4. The molecule has 3 rings (SSSR count). The van der Waals surface area contributed by atoms with Gasteiger partial charge in [-0.15, -0.1) is 0 Å². The summed E-state index contributed by atoms with van der Waals surface area (Å²) in [4.78, 5) is 16.0. The molecule has 1 aliphatic rings. The number of carbonyl (C=O) groups excluding carboxylic acids is 1. The molecule has 2 aromatic carbocycles. The molecule has 0 aromatic heterocycles. The molecule has 19 heavy (non-hydrogen) atoms. The van der Waals surface area contributed by atoms with E-state index in [4.69, 9.17) is 4.74 Å². The lowest BCUT2D eigenvalue weighted by atomic mass is 10.2. The van der Waals surface area contributed by atoms with Gasteiger partial charge in [-0.25, -0.2) is 4.99 Å². The van der Waals surface area contributed by atoms with Crippen molar-refractivity contribution in [1.82, 2.24) is 0 Å². The van der Waals surface area contributed by atoms with E-state index in [2.05, 4.69) is 4.99 Å². The first-order chi connectivity index (χ1) is 9.33. The van der Waals surface area contributed by atoms with Crippen LogP contribution in [-0.4, -0.2) is 11.7 Å². The molecule has 0 spiro atoms. The molecule has 2 aromatic rings. The first-order valence-electron chi connectivity index (χ1n) is 5.96. The van der Waals surface area contributed by atoms with Gasteiger partial charge in [0.05, 0.1) is 5.69 Å². The Bertz CT molecular complexity index is 658. The highest BCUT2D eigenvalue weighted by Crippen LogP contribution is 2.23. The van der Waals surface area contributed by atoms with E-state index in [9.17, 15) is 4.79 Å². The molecule has 3 heteroatoms. The zero-order chi connectivity index (χ0) is 13.1. The molecule has 3 nitrogen and oxygen atoms in total. The van der Waals surface area contributed by atoms with Crippen LogP contribution < -0.4 is 0 Å². The summed E-state index contributed by atoms with van der Waals surface area (Å²) in [5, 5.41) is 0. The largest absolute Gasteiger partial charge is 0.435 e. The van der Waals surface area contributed by atoms with Gasteiger partial charge in [0.2, 0.25) is 5.78 Å². The van der Waals surface area contributed by atoms with Crippen LogP contribution >= 0.6 is 0 Å². The second-order valence-corrected chi connectivity index (χ2v) is 4.09. The van der Waals surface area contributed by atoms with E-state index in [1.807, 2.05) is 60.7 Å². The van der Waals surface area contributed by atoms with Crippen LogP contribution in [-0.2, 0) is 9.53 Å². The predicted molar refractivity (Wildman–Crippen MR) is 74.0 cm³/mol. The molecule has 1 heterocycles. The highest BCUT2D eigenvalue weighted by Gasteiger charge is 2.23. The topological polar surface area (TPSA) is 38.7 Å². The Morgan fingerprint density at radius 1 is 0.842 bits per heavy atom. The number of nitrogens with zero attached hydrogens (tertiary/aromatic N) is 1. The second kappa shape index (κ2) is 4.90. The van der Waals surface area contributed by atoms with Gasteiger partial charge in [0.25, 0.3) is 5.90 Å². The number of ketones is 1. The van der Waals surface area contributed by atoms with Gasteiger partial charge in [0, 0.05) is 11.6 Å². The Morgan fingerprint density at radius 3 is 2.16 bits per heavy atom. The van der Waals surface area contributed by atoms with Gasteiger partial charge in [-0.3, -0.25) is 4.79 Å². The fraction of sp³-hybridized carbons (Fsp3) is 0. The summed E-state index contributed by atoms with van der Waals surface area (Å²) in [6.45, 7) is 0. The molecular weight excluding hydrogens is 238 g/mol. The quantitative estimate of drug-likeness (QED) is 0.818. The maximum Gasteiger partial charge on any atom is 0.268 e. The van der Waals surface area contributed by atoms with Crippen LogP contribution in [0, 0.1) is 0 Å². The molecule has 0 bridgehead atoms. The van der Waals surface area contributed by atoms with Crippen LogP contribution in [0.2, 0.25) is 0 Å². The molecular formula is C16H11NO2. The average molecular weight is 249 g/mol. The lowest BCUT2D eigenvalue weighted by Gasteiger charge is -2.02. The van der Waals surface area contributed by atoms with Gasteiger partial charge in [-0.2, -0.15) is 0 Å². The minimum atomic E-state index is -0.206. The Kier molecular flexibility index (Phi) is 2.94. The van der Waals surface area contributed by atoms with Crippen LogP contribution in [0.3, 0.4) is 0 Å². The number of hydrogen-bond acceptors (Lipinski definition) is 3. The number of ether oxygens (including phenoxy) is 1. The van der Waals surface area contributed by atoms with Gasteiger partial charge >= 0.3 is 0 Å². The summed E-state index contributed by atoms with van der Waals surface area (Å²) in [5.74, 6) is 0.452. The molecule has 0 aliphatic carbocycles. The molecule has 0 radical (unpaired) electrons. The Hall–Kier alpha value is -2.68. The lowest BCUT2D eigenvalue weighted by Crippen LogP contribution is -2.06. The molecule has 92 valence electrons. The summed E-state index contributed by atoms with van der Waals surface area (Å²) in [7, 11) is 0. The SMILES string of the molecule is O=C1C=C(c2ccccc2)OC1=Nc1ccccc1. The molecule has 0 saturated heterocycles. The smallest absolute Gasteiger partial charge is 0.268 e. The van der Waals surface area contributed by atoms with E-state index in [-0.39, 0.29) is 11.7 Å². The van der Waals surface area contributed by atoms with Gasteiger partial charge in [-0.1, -0.05) is 48.5 Å². The first-order valence-corrected chi connectivity index (χ1v) is 5.96. The molecule has 0 fully saturated rings. The molecule has 0 unspecified atom stereocenters. The van der Waals surface area contributed by atoms with Crippen molar-refractivity contribution in [3.8, 4) is 0 Å². The molecule has 0 amide bonds. The lowest BCUT2D eigenvalue weighted by molar-refractivity contribution is -0.109. The normalized spacial score (nSPS) is 16.3. The standard InChI is InChI=1S/C16H11NO2/c18-14-11-15(12-7-3-1-4-8-12)19-16(14)17-13-9-5-2-6-10-13/h1-11H. The van der Waals surface area contributed by atoms with Gasteiger partial charge in [-0.05, 0) is 12.1 Å². The zero-order valence-electron chi connectivity index (χ0n) is 10.1. The van der Waals surface area contributed by atoms with Gasteiger partial charge in [0.1, 0.15) is 5.76 Å². The summed E-state index contributed by atoms with van der Waals surface area (Å²) >= 11 is 0. The zero-order valence-corrected chi connectivity index (χ0v) is 10.1. The van der Waals surface area contributed by atoms with E-state index in [0.29, 0.717) is 11.4 Å². The van der Waals surface area contributed by atoms with Gasteiger partial charge in [0.15, 0.2) is 0 Å². The average Bonchev–Trinajstić information content (AvgIpc) is 2.82. The maximum absolute atomic E-state index is 11.8. The summed E-state index contributed by atoms with van der Waals surface area (Å²) in [5.41, 5.74) is 1.57. The highest BCUT2D eigenvalue weighted by molar-refractivity contribution is 6.45. The maximum atomic E-state index is 11.8. The monoisotopic (exact) mass is 249 g/mol. The predicted octanol–water partition coefficient (Wildman–Crippen LogP) is 3.36. The van der Waals surface area contributed by atoms with E-state index < -0.39 is 0 Å². The minimum Gasteiger partial charge on any atom is -0.435 e. The molecule has 1 aliphatic heterocycles. The van der Waals surface area contributed by atoms with Crippen molar-refractivity contribution >= 4 is 23.1 Å². The summed E-state index contributed by atoms with van der Waals surface area (Å²) in [6, 6.07) is 18.8. The fourth-order valence-electron chi connectivity index (χ4n) is 1.81. The van der Waals surface area contributed by atoms with Crippen LogP contribution in [0.5, 0.6) is 0 Å². The van der Waals surface area contributed by atoms with Crippen molar-refractivity contribution in [3.63, 3.8) is 0 Å². The van der Waals surface area contributed by atoms with Crippen molar-refractivity contribution in [3.05, 3.63) is 72.3 Å². The van der Waals surface area contributed by atoms with Crippen molar-refractivity contribution in [2.75, 3.05) is 0 Å². The molecule has 0 N–H and O–H groups in total. The van der Waals surface area contributed by atoms with Crippen molar-refractivity contribution in [2.45, 2.75) is 0 Å². The van der Waals surface area contributed by atoms with Crippen LogP contribution in [0.4, 0.5) is 5.69 Å². The van der Waals surface area contributed by atoms with E-state index >= 15 is 0 Å². The van der Waals surface area contributed by atoms with Crippen molar-refractivity contribution in [2.24, 2.45) is 4.99 Å². The van der Waals surface area contributed by atoms with E-state index in [0.717, 1.165) is 5.56 Å². The van der Waals surface area contributed by atoms with E-state index in [1.54, 1.807) is 0 Å². The van der Waals surface area contributed by atoms with Crippen LogP contribution in [0.15, 0.2) is 71.7 Å². The van der Waals surface area contributed by atoms with E-state index in [1.165, 1.54) is 6.08 Å². The Labute approximate surface area is 110 Å². The second-order valence-electron chi connectivity index (χ2n) is 4.09. The van der Waals surface area contributed by atoms with Gasteiger partial charge < -0.3 is 4.74 Å². The third-order valence-corrected chi connectivity index (χ3v) is 2.72. The number of para-hydroxylation sites is 1. The van der Waals surface area contributed by atoms with Crippen molar-refractivity contribution < 1.29 is 9.53 Å². The molecule has 0 atom stereocenters. The fourth-order valence-corrected chi connectivity index (χ4v) is 1.81. The number of carbonyl (C=O) groups is 1. The highest BCUT2D eigenvalue weighted by atomic mass is 16.5. The summed E-state index contributed by atoms with van der Waals surface area (Å²) in [6.07, 6.45) is 1.47.